The van der Waals surface area contributed by atoms with E-state index in [0.29, 0.717) is 23.7 Å². The molecular formula is C13H16O4S. The fourth-order valence-corrected chi connectivity index (χ4v) is 2.01. The van der Waals surface area contributed by atoms with Crippen molar-refractivity contribution in [2.24, 2.45) is 0 Å². The van der Waals surface area contributed by atoms with Crippen LogP contribution in [0.2, 0.25) is 0 Å². The first kappa shape index (κ1) is 14.6. The van der Waals surface area contributed by atoms with Crippen LogP contribution in [0.15, 0.2) is 24.3 Å². The van der Waals surface area contributed by atoms with Gasteiger partial charge in [-0.3, -0.25) is 9.59 Å². The number of hydrogen-bond donors (Lipinski definition) is 1. The minimum Gasteiger partial charge on any atom is -0.492 e. The molecule has 1 atom stereocenters. The largest absolute Gasteiger partial charge is 0.492 e. The Balaban J connectivity index is 2.45. The fourth-order valence-electron chi connectivity index (χ4n) is 1.33. The molecule has 1 aromatic rings. The first-order chi connectivity index (χ1) is 8.52. The molecule has 0 radical (unpaired) electrons. The summed E-state index contributed by atoms with van der Waals surface area (Å²) in [6, 6.07) is 7.03. The van der Waals surface area contributed by atoms with Crippen molar-refractivity contribution in [1.82, 2.24) is 0 Å². The van der Waals surface area contributed by atoms with E-state index in [9.17, 15) is 9.59 Å². The number of carboxylic acid groups (broad SMARTS) is 1. The van der Waals surface area contributed by atoms with Gasteiger partial charge in [0, 0.05) is 5.75 Å². The topological polar surface area (TPSA) is 63.6 Å². The second-order valence-corrected chi connectivity index (χ2v) is 5.20. The van der Waals surface area contributed by atoms with E-state index >= 15 is 0 Å². The predicted molar refractivity (Wildman–Crippen MR) is 71.5 cm³/mol. The van der Waals surface area contributed by atoms with E-state index in [4.69, 9.17) is 9.84 Å². The zero-order valence-electron chi connectivity index (χ0n) is 10.4. The Morgan fingerprint density at radius 1 is 1.39 bits per heavy atom. The van der Waals surface area contributed by atoms with E-state index in [0.717, 1.165) is 0 Å². The number of rotatable bonds is 7. The molecule has 1 aromatic carbocycles. The standard InChI is InChI=1S/C13H16O4S/c1-9(14)11-5-3-4-6-12(11)17-7-8-18-10(2)13(15)16/h3-6,10H,7-8H2,1-2H3,(H,15,16). The molecule has 0 heterocycles. The summed E-state index contributed by atoms with van der Waals surface area (Å²) in [6.45, 7) is 3.51. The van der Waals surface area contributed by atoms with E-state index in [1.54, 1.807) is 31.2 Å². The Morgan fingerprint density at radius 3 is 2.67 bits per heavy atom. The van der Waals surface area contributed by atoms with Crippen LogP contribution in [0.3, 0.4) is 0 Å². The number of carboxylic acids is 1. The average molecular weight is 268 g/mol. The molecule has 1 unspecified atom stereocenters. The predicted octanol–water partition coefficient (Wildman–Crippen LogP) is 2.47. The lowest BCUT2D eigenvalue weighted by molar-refractivity contribution is -0.136. The summed E-state index contributed by atoms with van der Waals surface area (Å²) in [4.78, 5) is 21.9. The van der Waals surface area contributed by atoms with Crippen LogP contribution in [-0.2, 0) is 4.79 Å². The van der Waals surface area contributed by atoms with Crippen molar-refractivity contribution in [3.8, 4) is 5.75 Å². The SMILES string of the molecule is CC(=O)c1ccccc1OCCSC(C)C(=O)O. The first-order valence-corrected chi connectivity index (χ1v) is 6.64. The molecule has 4 nitrogen and oxygen atoms in total. The van der Waals surface area contributed by atoms with Crippen LogP contribution in [-0.4, -0.2) is 34.5 Å². The fraction of sp³-hybridized carbons (Fsp3) is 0.385. The zero-order valence-corrected chi connectivity index (χ0v) is 11.2. The Morgan fingerprint density at radius 2 is 2.06 bits per heavy atom. The van der Waals surface area contributed by atoms with Gasteiger partial charge in [0.2, 0.25) is 0 Å². The number of hydrogen-bond acceptors (Lipinski definition) is 4. The van der Waals surface area contributed by atoms with Crippen LogP contribution >= 0.6 is 11.8 Å². The molecule has 1 rings (SSSR count). The Bertz CT molecular complexity index is 431. The van der Waals surface area contributed by atoms with Crippen LogP contribution < -0.4 is 4.74 Å². The van der Waals surface area contributed by atoms with Crippen molar-refractivity contribution in [3.63, 3.8) is 0 Å². The zero-order chi connectivity index (χ0) is 13.5. The number of carbonyl (C=O) groups is 2. The molecule has 0 amide bonds. The van der Waals surface area contributed by atoms with Gasteiger partial charge in [0.25, 0.3) is 0 Å². The summed E-state index contributed by atoms with van der Waals surface area (Å²) >= 11 is 1.31. The molecule has 18 heavy (non-hydrogen) atoms. The van der Waals surface area contributed by atoms with Gasteiger partial charge in [-0.2, -0.15) is 0 Å². The van der Waals surface area contributed by atoms with Crippen LogP contribution in [0.5, 0.6) is 5.75 Å². The third-order valence-corrected chi connectivity index (χ3v) is 3.43. The Hall–Kier alpha value is -1.49. The van der Waals surface area contributed by atoms with E-state index in [2.05, 4.69) is 0 Å². The summed E-state index contributed by atoms with van der Waals surface area (Å²) < 4.78 is 5.49. The van der Waals surface area contributed by atoms with Gasteiger partial charge in [0.05, 0.1) is 17.4 Å². The van der Waals surface area contributed by atoms with E-state index in [1.165, 1.54) is 18.7 Å². The van der Waals surface area contributed by atoms with E-state index in [-0.39, 0.29) is 5.78 Å². The highest BCUT2D eigenvalue weighted by Crippen LogP contribution is 2.19. The maximum Gasteiger partial charge on any atom is 0.316 e. The van der Waals surface area contributed by atoms with Crippen molar-refractivity contribution in [2.75, 3.05) is 12.4 Å². The smallest absolute Gasteiger partial charge is 0.316 e. The molecule has 5 heteroatoms. The summed E-state index contributed by atoms with van der Waals surface area (Å²) in [5.41, 5.74) is 0.550. The van der Waals surface area contributed by atoms with Gasteiger partial charge in [0.15, 0.2) is 5.78 Å². The maximum absolute atomic E-state index is 11.3. The lowest BCUT2D eigenvalue weighted by atomic mass is 10.1. The second kappa shape index (κ2) is 7.06. The number of benzene rings is 1. The molecule has 0 fully saturated rings. The second-order valence-electron chi connectivity index (χ2n) is 3.75. The van der Waals surface area contributed by atoms with Crippen molar-refractivity contribution in [3.05, 3.63) is 29.8 Å². The Kier molecular flexibility index (Phi) is 5.71. The lowest BCUT2D eigenvalue weighted by Crippen LogP contribution is -2.14. The number of thioether (sulfide) groups is 1. The molecule has 0 bridgehead atoms. The average Bonchev–Trinajstić information content (AvgIpc) is 2.34. The molecule has 0 aliphatic heterocycles. The Labute approximate surface area is 110 Å². The minimum absolute atomic E-state index is 0.0443. The first-order valence-electron chi connectivity index (χ1n) is 5.59. The molecule has 0 spiro atoms. The molecule has 0 saturated heterocycles. The maximum atomic E-state index is 11.3. The molecule has 0 aliphatic carbocycles. The summed E-state index contributed by atoms with van der Waals surface area (Å²) in [5.74, 6) is 0.245. The van der Waals surface area contributed by atoms with E-state index < -0.39 is 11.2 Å². The van der Waals surface area contributed by atoms with Crippen LogP contribution in [0.25, 0.3) is 0 Å². The van der Waals surface area contributed by atoms with Gasteiger partial charge in [-0.25, -0.2) is 0 Å². The van der Waals surface area contributed by atoms with Crippen LogP contribution in [0.1, 0.15) is 24.2 Å². The summed E-state index contributed by atoms with van der Waals surface area (Å²) in [5, 5.41) is 8.26. The number of carbonyl (C=O) groups excluding carboxylic acids is 1. The number of Topliss-reactive ketones (excluding diaryl/α,β-unsaturated/α-hetero) is 1. The number of ether oxygens (including phenoxy) is 1. The number of para-hydroxylation sites is 1. The quantitative estimate of drug-likeness (QED) is 0.608. The van der Waals surface area contributed by atoms with Crippen molar-refractivity contribution in [1.29, 1.82) is 0 Å². The minimum atomic E-state index is -0.830. The van der Waals surface area contributed by atoms with Crippen LogP contribution in [0.4, 0.5) is 0 Å². The van der Waals surface area contributed by atoms with Gasteiger partial charge >= 0.3 is 5.97 Å². The monoisotopic (exact) mass is 268 g/mol. The highest BCUT2D eigenvalue weighted by atomic mass is 32.2. The number of aliphatic carboxylic acids is 1. The summed E-state index contributed by atoms with van der Waals surface area (Å²) in [7, 11) is 0. The molecule has 98 valence electrons. The molecule has 0 saturated carbocycles. The normalized spacial score (nSPS) is 11.9. The molecule has 0 aliphatic rings. The van der Waals surface area contributed by atoms with Gasteiger partial charge in [-0.05, 0) is 26.0 Å². The van der Waals surface area contributed by atoms with E-state index in [1.807, 2.05) is 0 Å². The van der Waals surface area contributed by atoms with Crippen molar-refractivity contribution < 1.29 is 19.4 Å². The highest BCUT2D eigenvalue weighted by Gasteiger charge is 2.11. The van der Waals surface area contributed by atoms with Gasteiger partial charge < -0.3 is 9.84 Å². The molecule has 1 N–H and O–H groups in total. The lowest BCUT2D eigenvalue weighted by Gasteiger charge is -2.10. The van der Waals surface area contributed by atoms with Gasteiger partial charge in [-0.15, -0.1) is 11.8 Å². The van der Waals surface area contributed by atoms with Crippen molar-refractivity contribution >= 4 is 23.5 Å². The molecule has 0 aromatic heterocycles. The third kappa shape index (κ3) is 4.41. The van der Waals surface area contributed by atoms with Gasteiger partial charge in [-0.1, -0.05) is 12.1 Å². The van der Waals surface area contributed by atoms with Crippen LogP contribution in [0, 0.1) is 0 Å². The van der Waals surface area contributed by atoms with Crippen molar-refractivity contribution in [2.45, 2.75) is 19.1 Å². The third-order valence-electron chi connectivity index (χ3n) is 2.32. The van der Waals surface area contributed by atoms with Gasteiger partial charge in [0.1, 0.15) is 5.75 Å². The summed E-state index contributed by atoms with van der Waals surface area (Å²) in [6.07, 6.45) is 0. The highest BCUT2D eigenvalue weighted by molar-refractivity contribution is 8.00. The molecular weight excluding hydrogens is 252 g/mol. The number of ketones is 1.